The first kappa shape index (κ1) is 15.1. The van der Waals surface area contributed by atoms with Crippen LogP contribution in [0, 0.1) is 0 Å². The van der Waals surface area contributed by atoms with E-state index in [-0.39, 0.29) is 11.7 Å². The van der Waals surface area contributed by atoms with Gasteiger partial charge in [0.1, 0.15) is 0 Å². The second-order valence-electron chi connectivity index (χ2n) is 4.72. The summed E-state index contributed by atoms with van der Waals surface area (Å²) in [4.78, 5) is 13.8. The molecule has 0 saturated heterocycles. The molecule has 2 rings (SSSR count). The summed E-state index contributed by atoms with van der Waals surface area (Å²) in [5, 5.41) is 1.69. The SMILES string of the molecule is CCCC(=O)N(c1cccc(Cl)c1)[C@H]1C=CS(=O)(=O)C1. The summed E-state index contributed by atoms with van der Waals surface area (Å²) in [6, 6.07) is 6.44. The molecule has 20 heavy (non-hydrogen) atoms. The van der Waals surface area contributed by atoms with Crippen LogP contribution in [0.2, 0.25) is 5.02 Å². The molecule has 1 aliphatic rings. The standard InChI is InChI=1S/C14H16ClNO3S/c1-2-4-14(17)16(12-6-3-5-11(15)9-12)13-7-8-20(18,19)10-13/h3,5-9,13H,2,4,10H2,1H3/t13-/m0/s1. The highest BCUT2D eigenvalue weighted by Gasteiger charge is 2.30. The first-order valence-corrected chi connectivity index (χ1v) is 8.51. The van der Waals surface area contributed by atoms with Crippen molar-refractivity contribution < 1.29 is 13.2 Å². The Morgan fingerprint density at radius 2 is 2.20 bits per heavy atom. The van der Waals surface area contributed by atoms with Gasteiger partial charge >= 0.3 is 0 Å². The van der Waals surface area contributed by atoms with Crippen molar-refractivity contribution in [1.29, 1.82) is 0 Å². The maximum Gasteiger partial charge on any atom is 0.227 e. The molecule has 0 spiro atoms. The first-order valence-electron chi connectivity index (χ1n) is 6.41. The zero-order valence-corrected chi connectivity index (χ0v) is 12.7. The quantitative estimate of drug-likeness (QED) is 0.859. The Morgan fingerprint density at radius 3 is 2.75 bits per heavy atom. The molecule has 0 bridgehead atoms. The molecule has 0 unspecified atom stereocenters. The van der Waals surface area contributed by atoms with Gasteiger partial charge in [-0.15, -0.1) is 0 Å². The fourth-order valence-corrected chi connectivity index (χ4v) is 3.65. The van der Waals surface area contributed by atoms with Crippen LogP contribution in [0.25, 0.3) is 0 Å². The molecule has 0 aromatic heterocycles. The number of benzene rings is 1. The van der Waals surface area contributed by atoms with Crippen LogP contribution in [0.4, 0.5) is 5.69 Å². The third-order valence-corrected chi connectivity index (χ3v) is 4.67. The Labute approximate surface area is 124 Å². The fourth-order valence-electron chi connectivity index (χ4n) is 2.20. The van der Waals surface area contributed by atoms with Gasteiger partial charge in [-0.2, -0.15) is 0 Å². The number of nitrogens with zero attached hydrogens (tertiary/aromatic N) is 1. The molecule has 1 atom stereocenters. The maximum atomic E-state index is 12.3. The minimum atomic E-state index is -3.21. The van der Waals surface area contributed by atoms with E-state index in [2.05, 4.69) is 0 Å². The van der Waals surface area contributed by atoms with Crippen molar-refractivity contribution in [2.45, 2.75) is 25.8 Å². The molecular weight excluding hydrogens is 298 g/mol. The van der Waals surface area contributed by atoms with Crippen molar-refractivity contribution in [1.82, 2.24) is 0 Å². The van der Waals surface area contributed by atoms with Gasteiger partial charge in [0.25, 0.3) is 0 Å². The second kappa shape index (κ2) is 5.97. The van der Waals surface area contributed by atoms with Crippen LogP contribution < -0.4 is 4.90 Å². The molecule has 6 heteroatoms. The normalized spacial score (nSPS) is 20.0. The van der Waals surface area contributed by atoms with Gasteiger partial charge in [0.15, 0.2) is 9.84 Å². The number of hydrogen-bond acceptors (Lipinski definition) is 3. The Bertz CT molecular complexity index is 640. The van der Waals surface area contributed by atoms with Crippen LogP contribution >= 0.6 is 11.6 Å². The molecular formula is C14H16ClNO3S. The van der Waals surface area contributed by atoms with Gasteiger partial charge in [0, 0.05) is 22.5 Å². The van der Waals surface area contributed by atoms with Gasteiger partial charge in [0.05, 0.1) is 11.8 Å². The van der Waals surface area contributed by atoms with Gasteiger partial charge in [-0.05, 0) is 30.7 Å². The molecule has 0 N–H and O–H groups in total. The average Bonchev–Trinajstić information content (AvgIpc) is 2.70. The highest BCUT2D eigenvalue weighted by molar-refractivity contribution is 7.94. The lowest BCUT2D eigenvalue weighted by Gasteiger charge is -2.27. The fraction of sp³-hybridized carbons (Fsp3) is 0.357. The summed E-state index contributed by atoms with van der Waals surface area (Å²) in [5.41, 5.74) is 0.628. The predicted octanol–water partition coefficient (Wildman–Crippen LogP) is 2.78. The van der Waals surface area contributed by atoms with E-state index in [4.69, 9.17) is 11.6 Å². The average molecular weight is 314 g/mol. The minimum absolute atomic E-state index is 0.0744. The molecule has 0 fully saturated rings. The molecule has 108 valence electrons. The number of hydrogen-bond donors (Lipinski definition) is 0. The third kappa shape index (κ3) is 3.41. The van der Waals surface area contributed by atoms with Crippen molar-refractivity contribution in [3.63, 3.8) is 0 Å². The number of anilines is 1. The lowest BCUT2D eigenvalue weighted by molar-refractivity contribution is -0.118. The smallest absolute Gasteiger partial charge is 0.227 e. The van der Waals surface area contributed by atoms with Crippen LogP contribution in [-0.4, -0.2) is 26.1 Å². The number of halogens is 1. The highest BCUT2D eigenvalue weighted by atomic mass is 35.5. The summed E-state index contributed by atoms with van der Waals surface area (Å²) in [7, 11) is -3.21. The molecule has 0 radical (unpaired) electrons. The van der Waals surface area contributed by atoms with Crippen LogP contribution in [0.5, 0.6) is 0 Å². The van der Waals surface area contributed by atoms with E-state index in [1.807, 2.05) is 6.92 Å². The van der Waals surface area contributed by atoms with Crippen molar-refractivity contribution in [3.05, 3.63) is 40.8 Å². The van der Waals surface area contributed by atoms with Crippen LogP contribution in [0.15, 0.2) is 35.7 Å². The van der Waals surface area contributed by atoms with E-state index in [0.29, 0.717) is 23.6 Å². The number of sulfone groups is 1. The van der Waals surface area contributed by atoms with Gasteiger partial charge in [-0.25, -0.2) is 8.42 Å². The number of carbonyl (C=O) groups excluding carboxylic acids is 1. The Hall–Kier alpha value is -1.33. The molecule has 4 nitrogen and oxygen atoms in total. The number of carbonyl (C=O) groups is 1. The van der Waals surface area contributed by atoms with E-state index >= 15 is 0 Å². The summed E-state index contributed by atoms with van der Waals surface area (Å²) in [5.74, 6) is -0.170. The highest BCUT2D eigenvalue weighted by Crippen LogP contribution is 2.26. The van der Waals surface area contributed by atoms with Crippen molar-refractivity contribution in [3.8, 4) is 0 Å². The predicted molar refractivity (Wildman–Crippen MR) is 80.6 cm³/mol. The number of rotatable bonds is 4. The van der Waals surface area contributed by atoms with Gasteiger partial charge in [0.2, 0.25) is 5.91 Å². The first-order chi connectivity index (χ1) is 9.43. The summed E-state index contributed by atoms with van der Waals surface area (Å²) in [6.07, 6.45) is 2.64. The van der Waals surface area contributed by atoms with E-state index in [1.54, 1.807) is 30.3 Å². The molecule has 1 aromatic carbocycles. The van der Waals surface area contributed by atoms with E-state index in [0.717, 1.165) is 0 Å². The maximum absolute atomic E-state index is 12.3. The Kier molecular flexibility index (Phi) is 4.50. The van der Waals surface area contributed by atoms with Crippen molar-refractivity contribution >= 4 is 33.0 Å². The number of amides is 1. The summed E-state index contributed by atoms with van der Waals surface area (Å²) < 4.78 is 23.1. The van der Waals surface area contributed by atoms with Crippen molar-refractivity contribution in [2.75, 3.05) is 10.7 Å². The second-order valence-corrected chi connectivity index (χ2v) is 7.09. The molecule has 1 aliphatic heterocycles. The van der Waals surface area contributed by atoms with Crippen molar-refractivity contribution in [2.24, 2.45) is 0 Å². The Balaban J connectivity index is 2.36. The van der Waals surface area contributed by atoms with Crippen LogP contribution in [0.1, 0.15) is 19.8 Å². The summed E-state index contributed by atoms with van der Waals surface area (Å²) in [6.45, 7) is 1.91. The molecule has 0 saturated carbocycles. The van der Waals surface area contributed by atoms with E-state index in [1.165, 1.54) is 10.3 Å². The van der Waals surface area contributed by atoms with Crippen LogP contribution in [-0.2, 0) is 14.6 Å². The minimum Gasteiger partial charge on any atom is -0.304 e. The van der Waals surface area contributed by atoms with E-state index in [9.17, 15) is 13.2 Å². The molecule has 1 aromatic rings. The molecule has 0 aliphatic carbocycles. The molecule has 1 amide bonds. The van der Waals surface area contributed by atoms with E-state index < -0.39 is 15.9 Å². The lowest BCUT2D eigenvalue weighted by atomic mass is 10.2. The third-order valence-electron chi connectivity index (χ3n) is 3.06. The monoisotopic (exact) mass is 313 g/mol. The summed E-state index contributed by atoms with van der Waals surface area (Å²) >= 11 is 5.96. The topological polar surface area (TPSA) is 54.5 Å². The van der Waals surface area contributed by atoms with Gasteiger partial charge < -0.3 is 4.90 Å². The molecule has 1 heterocycles. The largest absolute Gasteiger partial charge is 0.304 e. The van der Waals surface area contributed by atoms with Gasteiger partial charge in [-0.3, -0.25) is 4.79 Å². The Morgan fingerprint density at radius 1 is 1.45 bits per heavy atom. The zero-order valence-electron chi connectivity index (χ0n) is 11.1. The van der Waals surface area contributed by atoms with Crippen LogP contribution in [0.3, 0.4) is 0 Å². The lowest BCUT2D eigenvalue weighted by Crippen LogP contribution is -2.41. The zero-order chi connectivity index (χ0) is 14.8. The van der Waals surface area contributed by atoms with Gasteiger partial charge in [-0.1, -0.05) is 24.6 Å².